The fourth-order valence-electron chi connectivity index (χ4n) is 4.04. The molecule has 0 aliphatic carbocycles. The molecule has 9 nitrogen and oxygen atoms in total. The summed E-state index contributed by atoms with van der Waals surface area (Å²) in [4.78, 5) is 18.2. The first-order valence-electron chi connectivity index (χ1n) is 10.3. The van der Waals surface area contributed by atoms with Crippen molar-refractivity contribution in [2.24, 2.45) is 5.84 Å². The summed E-state index contributed by atoms with van der Waals surface area (Å²) in [5.74, 6) is 4.70. The summed E-state index contributed by atoms with van der Waals surface area (Å²) in [6, 6.07) is 12.4. The number of likely N-dealkylation sites (N-methyl/N-ethyl adjacent to an activating group) is 1. The first-order valence-corrected chi connectivity index (χ1v) is 11.7. The third-order valence-electron chi connectivity index (χ3n) is 5.61. The number of hydrogen-bond acceptors (Lipinski definition) is 6. The average molecular weight is 447 g/mol. The lowest BCUT2D eigenvalue weighted by Gasteiger charge is -2.44. The van der Waals surface area contributed by atoms with Gasteiger partial charge in [-0.15, -0.1) is 0 Å². The van der Waals surface area contributed by atoms with Crippen molar-refractivity contribution in [2.45, 2.75) is 39.4 Å². The lowest BCUT2D eigenvalue weighted by atomic mass is 10.1. The maximum absolute atomic E-state index is 13.7. The van der Waals surface area contributed by atoms with E-state index in [4.69, 9.17) is 5.84 Å². The summed E-state index contributed by atoms with van der Waals surface area (Å²) in [7, 11) is -3.80. The monoisotopic (exact) mass is 446 g/mol. The van der Waals surface area contributed by atoms with Crippen molar-refractivity contribution in [3.05, 3.63) is 59.9 Å². The van der Waals surface area contributed by atoms with Crippen LogP contribution in [0.2, 0.25) is 0 Å². The Morgan fingerprint density at radius 1 is 1.16 bits per heavy atom. The number of nitrogen functional groups attached to an aromatic ring is 1. The average Bonchev–Trinajstić information content (AvgIpc) is 2.77. The van der Waals surface area contributed by atoms with E-state index in [-0.39, 0.29) is 18.6 Å². The van der Waals surface area contributed by atoms with Gasteiger partial charge >= 0.3 is 10.2 Å². The zero-order chi connectivity index (χ0) is 22.6. The first-order chi connectivity index (χ1) is 14.8. The summed E-state index contributed by atoms with van der Waals surface area (Å²) in [5, 5.41) is 0. The van der Waals surface area contributed by atoms with Crippen molar-refractivity contribution in [1.29, 1.82) is 0 Å². The van der Waals surface area contributed by atoms with Crippen molar-refractivity contribution >= 4 is 21.8 Å². The maximum atomic E-state index is 13.7. The van der Waals surface area contributed by atoms with Crippen LogP contribution >= 0.6 is 0 Å². The summed E-state index contributed by atoms with van der Waals surface area (Å²) in [6.07, 6.45) is 1.39. The third-order valence-corrected chi connectivity index (χ3v) is 7.45. The molecule has 0 radical (unpaired) electrons. The minimum absolute atomic E-state index is 0.0492. The van der Waals surface area contributed by atoms with Crippen molar-refractivity contribution in [3.63, 3.8) is 0 Å². The molecular formula is C21H30N6O3S. The van der Waals surface area contributed by atoms with Gasteiger partial charge < -0.3 is 0 Å². The SMILES string of the molecule is CCN1[C@H](C)CN(S(=O)(=O)N(Cc2ccc(C(=O)NN)cn2)c2ccccc2)C[C@@H]1C. The van der Waals surface area contributed by atoms with Crippen LogP contribution in [-0.2, 0) is 16.8 Å². The number of nitrogens with two attached hydrogens (primary N) is 1. The van der Waals surface area contributed by atoms with E-state index >= 15 is 0 Å². The van der Waals surface area contributed by atoms with Gasteiger partial charge in [0.2, 0.25) is 0 Å². The number of anilines is 1. The molecule has 10 heteroatoms. The van der Waals surface area contributed by atoms with Crippen LogP contribution < -0.4 is 15.6 Å². The Morgan fingerprint density at radius 3 is 2.32 bits per heavy atom. The molecule has 0 bridgehead atoms. The zero-order valence-corrected chi connectivity index (χ0v) is 18.9. The number of piperazine rings is 1. The number of hydrazine groups is 1. The molecule has 2 atom stereocenters. The fraction of sp³-hybridized carbons (Fsp3) is 0.429. The maximum Gasteiger partial charge on any atom is 0.304 e. The molecule has 0 spiro atoms. The first kappa shape index (κ1) is 23.1. The Bertz CT molecular complexity index is 972. The molecule has 0 unspecified atom stereocenters. The molecule has 1 saturated heterocycles. The molecule has 168 valence electrons. The van der Waals surface area contributed by atoms with E-state index in [0.29, 0.717) is 30.0 Å². The topological polar surface area (TPSA) is 112 Å². The Kier molecular flexibility index (Phi) is 7.26. The van der Waals surface area contributed by atoms with Gasteiger partial charge in [-0.1, -0.05) is 25.1 Å². The second kappa shape index (κ2) is 9.73. The lowest BCUT2D eigenvalue weighted by Crippen LogP contribution is -2.60. The third kappa shape index (κ3) is 5.04. The number of pyridine rings is 1. The number of carbonyl (C=O) groups excluding carboxylic acids is 1. The van der Waals surface area contributed by atoms with Crippen LogP contribution in [0.3, 0.4) is 0 Å². The number of nitrogens with one attached hydrogen (secondary N) is 1. The predicted octanol–water partition coefficient (Wildman–Crippen LogP) is 1.35. The molecule has 2 aromatic rings. The molecule has 1 fully saturated rings. The summed E-state index contributed by atoms with van der Waals surface area (Å²) >= 11 is 0. The van der Waals surface area contributed by atoms with E-state index in [1.165, 1.54) is 10.5 Å². The van der Waals surface area contributed by atoms with Gasteiger partial charge in [-0.25, -0.2) is 5.84 Å². The van der Waals surface area contributed by atoms with Crippen molar-refractivity contribution < 1.29 is 13.2 Å². The molecule has 1 aromatic carbocycles. The number of hydrogen-bond donors (Lipinski definition) is 2. The van der Waals surface area contributed by atoms with Gasteiger partial charge in [-0.2, -0.15) is 12.7 Å². The number of rotatable bonds is 7. The Labute approximate surface area is 184 Å². The predicted molar refractivity (Wildman–Crippen MR) is 120 cm³/mol. The second-order valence-electron chi connectivity index (χ2n) is 7.71. The molecule has 31 heavy (non-hydrogen) atoms. The van der Waals surface area contributed by atoms with Crippen molar-refractivity contribution in [3.8, 4) is 0 Å². The molecule has 1 amide bonds. The molecule has 1 aliphatic rings. The quantitative estimate of drug-likeness (QED) is 0.377. The van der Waals surface area contributed by atoms with E-state index in [2.05, 4.69) is 36.1 Å². The number of benzene rings is 1. The van der Waals surface area contributed by atoms with Gasteiger partial charge in [0.15, 0.2) is 0 Å². The van der Waals surface area contributed by atoms with E-state index < -0.39 is 16.1 Å². The van der Waals surface area contributed by atoms with Crippen LogP contribution in [0.25, 0.3) is 0 Å². The van der Waals surface area contributed by atoms with Crippen LogP contribution in [0, 0.1) is 0 Å². The number of nitrogens with zero attached hydrogens (tertiary/aromatic N) is 4. The van der Waals surface area contributed by atoms with Crippen LogP contribution in [0.5, 0.6) is 0 Å². The molecule has 3 N–H and O–H groups in total. The summed E-state index contributed by atoms with van der Waals surface area (Å²) in [6.45, 7) is 7.97. The summed E-state index contributed by atoms with van der Waals surface area (Å²) in [5.41, 5.74) is 3.44. The number of carbonyl (C=O) groups is 1. The normalized spacial score (nSPS) is 20.4. The standard InChI is InChI=1S/C21H30N6O3S/c1-4-26-16(2)13-25(14-17(26)3)31(29,30)27(20-8-6-5-7-9-20)15-19-11-10-18(12-23-19)21(28)24-22/h5-12,16-17H,4,13-15,22H2,1-3H3,(H,24,28)/t16-,17+. The highest BCUT2D eigenvalue weighted by atomic mass is 32.2. The lowest BCUT2D eigenvalue weighted by molar-refractivity contribution is 0.0827. The van der Waals surface area contributed by atoms with Crippen molar-refractivity contribution in [1.82, 2.24) is 19.6 Å². The molecule has 2 heterocycles. The van der Waals surface area contributed by atoms with Crippen LogP contribution in [0.15, 0.2) is 48.7 Å². The Hall–Kier alpha value is -2.53. The van der Waals surface area contributed by atoms with Crippen LogP contribution in [-0.4, -0.2) is 60.2 Å². The number of para-hydroxylation sites is 1. The van der Waals surface area contributed by atoms with E-state index in [1.54, 1.807) is 40.7 Å². The van der Waals surface area contributed by atoms with Gasteiger partial charge in [0.1, 0.15) is 0 Å². The van der Waals surface area contributed by atoms with Gasteiger partial charge in [0.25, 0.3) is 5.91 Å². The Balaban J connectivity index is 1.91. The van der Waals surface area contributed by atoms with Crippen LogP contribution in [0.4, 0.5) is 5.69 Å². The summed E-state index contributed by atoms with van der Waals surface area (Å²) < 4.78 is 30.4. The molecular weight excluding hydrogens is 416 g/mol. The van der Waals surface area contributed by atoms with E-state index in [0.717, 1.165) is 6.54 Å². The minimum Gasteiger partial charge on any atom is -0.296 e. The van der Waals surface area contributed by atoms with Gasteiger partial charge in [0.05, 0.1) is 23.5 Å². The van der Waals surface area contributed by atoms with Crippen LogP contribution in [0.1, 0.15) is 36.8 Å². The highest BCUT2D eigenvalue weighted by Crippen LogP contribution is 2.26. The van der Waals surface area contributed by atoms with Gasteiger partial charge in [-0.05, 0) is 44.7 Å². The number of aromatic nitrogens is 1. The number of amides is 1. The van der Waals surface area contributed by atoms with Gasteiger partial charge in [0, 0.05) is 31.4 Å². The van der Waals surface area contributed by atoms with Gasteiger partial charge in [-0.3, -0.25) is 24.4 Å². The zero-order valence-electron chi connectivity index (χ0n) is 18.1. The van der Waals surface area contributed by atoms with E-state index in [9.17, 15) is 13.2 Å². The molecule has 3 rings (SSSR count). The second-order valence-corrected chi connectivity index (χ2v) is 9.56. The smallest absolute Gasteiger partial charge is 0.296 e. The highest BCUT2D eigenvalue weighted by Gasteiger charge is 2.38. The highest BCUT2D eigenvalue weighted by molar-refractivity contribution is 7.90. The van der Waals surface area contributed by atoms with Crippen molar-refractivity contribution in [2.75, 3.05) is 23.9 Å². The Morgan fingerprint density at radius 2 is 1.81 bits per heavy atom. The molecule has 1 aliphatic heterocycles. The molecule has 0 saturated carbocycles. The largest absolute Gasteiger partial charge is 0.304 e. The van der Waals surface area contributed by atoms with E-state index in [1.807, 2.05) is 6.07 Å². The molecule has 1 aromatic heterocycles. The minimum atomic E-state index is -3.80. The fourth-order valence-corrected chi connectivity index (χ4v) is 5.81.